The number of alkyl halides is 1. The van der Waals surface area contributed by atoms with Gasteiger partial charge in [-0.15, -0.1) is 0 Å². The van der Waals surface area contributed by atoms with Crippen molar-refractivity contribution in [3.05, 3.63) is 0 Å². The topological polar surface area (TPSA) is 190 Å². The molecule has 1 aliphatic heterocycles. The number of hydrogen-bond acceptors (Lipinski definition) is 13. The molecule has 0 aromatic heterocycles. The van der Waals surface area contributed by atoms with Crippen LogP contribution in [-0.4, -0.2) is 97.0 Å². The van der Waals surface area contributed by atoms with Gasteiger partial charge in [0.25, 0.3) is 0 Å². The number of halogens is 1. The third-order valence-corrected chi connectivity index (χ3v) is 4.60. The molecular weight excluding hydrogens is 481 g/mol. The highest BCUT2D eigenvalue weighted by atomic mass is 19.1. The Labute approximate surface area is 199 Å². The van der Waals surface area contributed by atoms with Gasteiger partial charge in [0, 0.05) is 34.6 Å². The van der Waals surface area contributed by atoms with Crippen LogP contribution in [0.1, 0.15) is 34.6 Å². The summed E-state index contributed by atoms with van der Waals surface area (Å²) in [4.78, 5) is 70.8. The Hall–Kier alpha value is -3.33. The molecule has 3 unspecified atom stereocenters. The van der Waals surface area contributed by atoms with E-state index >= 15 is 4.39 Å². The second-order valence-electron chi connectivity index (χ2n) is 7.50. The van der Waals surface area contributed by atoms with E-state index in [0.717, 1.165) is 41.7 Å². The highest BCUT2D eigenvalue weighted by molar-refractivity contribution is 5.79. The predicted octanol–water partition coefficient (Wildman–Crippen LogP) is -1.55. The van der Waals surface area contributed by atoms with Crippen LogP contribution >= 0.6 is 0 Å². The van der Waals surface area contributed by atoms with Gasteiger partial charge in [-0.05, 0) is 0 Å². The van der Waals surface area contributed by atoms with Gasteiger partial charge >= 0.3 is 35.6 Å². The molecule has 7 atom stereocenters. The fourth-order valence-electron chi connectivity index (χ4n) is 3.39. The number of amides is 1. The van der Waals surface area contributed by atoms with Crippen molar-refractivity contribution in [1.82, 2.24) is 5.32 Å². The third kappa shape index (κ3) is 7.85. The number of nitrogens with one attached hydrogen (secondary N) is 1. The van der Waals surface area contributed by atoms with Crippen molar-refractivity contribution in [2.45, 2.75) is 77.0 Å². The quantitative estimate of drug-likeness (QED) is 0.268. The fourth-order valence-corrected chi connectivity index (χ4v) is 3.39. The molecule has 1 amide bonds. The summed E-state index contributed by atoms with van der Waals surface area (Å²) in [5, 5.41) is 13.0. The van der Waals surface area contributed by atoms with Crippen molar-refractivity contribution in [1.29, 1.82) is 0 Å². The summed E-state index contributed by atoms with van der Waals surface area (Å²) in [7, 11) is 0.804. The zero-order valence-corrected chi connectivity index (χ0v) is 19.9. The Bertz CT molecular complexity index is 849. The normalized spacial score (nSPS) is 27.4. The number of esters is 5. The van der Waals surface area contributed by atoms with E-state index in [-0.39, 0.29) is 0 Å². The summed E-state index contributed by atoms with van der Waals surface area (Å²) >= 11 is 0. The Morgan fingerprint density at radius 1 is 0.971 bits per heavy atom. The van der Waals surface area contributed by atoms with E-state index in [0.29, 0.717) is 0 Å². The molecule has 0 spiro atoms. The summed E-state index contributed by atoms with van der Waals surface area (Å²) in [5.41, 5.74) is 0. The zero-order valence-electron chi connectivity index (χ0n) is 19.9. The molecule has 14 nitrogen and oxygen atoms in total. The van der Waals surface area contributed by atoms with E-state index in [9.17, 15) is 33.9 Å². The first kappa shape index (κ1) is 29.7. The Kier molecular flexibility index (Phi) is 10.5. The van der Waals surface area contributed by atoms with Crippen LogP contribution in [0.2, 0.25) is 0 Å². The summed E-state index contributed by atoms with van der Waals surface area (Å²) in [5.74, 6) is -9.71. The van der Waals surface area contributed by atoms with Gasteiger partial charge in [-0.3, -0.25) is 24.0 Å². The maximum absolute atomic E-state index is 15.4. The maximum Gasteiger partial charge on any atom is 0.369 e. The van der Waals surface area contributed by atoms with Crippen LogP contribution in [-0.2, 0) is 57.2 Å². The van der Waals surface area contributed by atoms with Crippen LogP contribution in [0.4, 0.5) is 4.39 Å². The molecule has 2 N–H and O–H groups in total. The number of ether oxygens (including phenoxy) is 6. The molecule has 198 valence electrons. The minimum absolute atomic E-state index is 0.715. The van der Waals surface area contributed by atoms with Crippen LogP contribution in [0.3, 0.4) is 0 Å². The molecule has 0 aliphatic carbocycles. The third-order valence-electron chi connectivity index (χ3n) is 4.60. The van der Waals surface area contributed by atoms with Crippen LogP contribution in [0.25, 0.3) is 0 Å². The summed E-state index contributed by atoms with van der Waals surface area (Å²) in [6.45, 7) is 4.14. The van der Waals surface area contributed by atoms with Gasteiger partial charge in [0.1, 0.15) is 12.7 Å². The Morgan fingerprint density at radius 2 is 1.54 bits per heavy atom. The summed E-state index contributed by atoms with van der Waals surface area (Å²) < 4.78 is 45.1. The minimum Gasteiger partial charge on any atom is -0.465 e. The summed E-state index contributed by atoms with van der Waals surface area (Å²) in [6.07, 6.45) is -10.3. The van der Waals surface area contributed by atoms with Crippen LogP contribution < -0.4 is 5.32 Å². The van der Waals surface area contributed by atoms with E-state index < -0.39 is 84.8 Å². The standard InChI is InChI=1S/C20H28FNO13/c1-8(23)22-14-16(15(33-11(4)26)13(32-10(3)25)7-31-9(2)24)35-20(29,19(28)30-6)18(21)17(14)34-12(5)27/h13-18,29H,7H2,1-6H3,(H,22,23)/t13-,14+,15-,16?,17?,18?,20+/m1/s1. The molecule has 15 heteroatoms. The van der Waals surface area contributed by atoms with Crippen molar-refractivity contribution in [3.8, 4) is 0 Å². The van der Waals surface area contributed by atoms with E-state index in [2.05, 4.69) is 10.1 Å². The lowest BCUT2D eigenvalue weighted by atomic mass is 9.86. The molecule has 1 rings (SSSR count). The lowest BCUT2D eigenvalue weighted by molar-refractivity contribution is -0.323. The average Bonchev–Trinajstić information content (AvgIpc) is 2.73. The van der Waals surface area contributed by atoms with Crippen molar-refractivity contribution < 1.29 is 66.7 Å². The average molecular weight is 509 g/mol. The number of methoxy groups -OCH3 is 1. The van der Waals surface area contributed by atoms with Crippen molar-refractivity contribution in [2.24, 2.45) is 0 Å². The molecule has 35 heavy (non-hydrogen) atoms. The minimum atomic E-state index is -3.42. The Balaban J connectivity index is 3.74. The van der Waals surface area contributed by atoms with Crippen LogP contribution in [0.5, 0.6) is 0 Å². The van der Waals surface area contributed by atoms with Crippen LogP contribution in [0, 0.1) is 0 Å². The highest BCUT2D eigenvalue weighted by Gasteiger charge is 2.64. The first-order valence-corrected chi connectivity index (χ1v) is 10.2. The van der Waals surface area contributed by atoms with E-state index in [4.69, 9.17) is 23.7 Å². The highest BCUT2D eigenvalue weighted by Crippen LogP contribution is 2.36. The van der Waals surface area contributed by atoms with Gasteiger partial charge in [0.15, 0.2) is 18.3 Å². The number of hydrogen-bond donors (Lipinski definition) is 2. The number of aliphatic hydroxyl groups is 1. The van der Waals surface area contributed by atoms with Gasteiger partial charge in [-0.25, -0.2) is 9.18 Å². The van der Waals surface area contributed by atoms with Crippen molar-refractivity contribution in [2.75, 3.05) is 13.7 Å². The van der Waals surface area contributed by atoms with Gasteiger partial charge in [0.2, 0.25) is 12.1 Å². The number of carbonyl (C=O) groups excluding carboxylic acids is 6. The molecule has 0 radical (unpaired) electrons. The molecular formula is C20H28FNO13. The maximum atomic E-state index is 15.4. The predicted molar refractivity (Wildman–Crippen MR) is 108 cm³/mol. The van der Waals surface area contributed by atoms with Crippen LogP contribution in [0.15, 0.2) is 0 Å². The smallest absolute Gasteiger partial charge is 0.369 e. The Morgan fingerprint density at radius 3 is 1.97 bits per heavy atom. The van der Waals surface area contributed by atoms with Gasteiger partial charge in [-0.1, -0.05) is 0 Å². The first-order valence-electron chi connectivity index (χ1n) is 10.2. The SMILES string of the molecule is COC(=O)[C@@]1(O)OC([C@H](OC(C)=O)[C@@H](COC(C)=O)OC(C)=O)[C@H](NC(C)=O)C(OC(C)=O)C1F. The van der Waals surface area contributed by atoms with Gasteiger partial charge in [-0.2, -0.15) is 0 Å². The fraction of sp³-hybridized carbons (Fsp3) is 0.700. The lowest BCUT2D eigenvalue weighted by Gasteiger charge is -2.48. The van der Waals surface area contributed by atoms with E-state index in [1.807, 2.05) is 0 Å². The molecule has 0 saturated carbocycles. The number of carbonyl (C=O) groups is 6. The molecule has 1 aliphatic rings. The molecule has 0 bridgehead atoms. The van der Waals surface area contributed by atoms with Gasteiger partial charge < -0.3 is 38.8 Å². The summed E-state index contributed by atoms with van der Waals surface area (Å²) in [6, 6.07) is -1.71. The number of rotatable bonds is 9. The largest absolute Gasteiger partial charge is 0.465 e. The van der Waals surface area contributed by atoms with Crippen molar-refractivity contribution in [3.63, 3.8) is 0 Å². The van der Waals surface area contributed by atoms with E-state index in [1.54, 1.807) is 0 Å². The monoisotopic (exact) mass is 509 g/mol. The molecule has 1 saturated heterocycles. The molecule has 0 aromatic carbocycles. The zero-order chi connectivity index (χ0) is 27.1. The second kappa shape index (κ2) is 12.4. The molecule has 1 fully saturated rings. The molecule has 0 aromatic rings. The first-order chi connectivity index (χ1) is 16.1. The van der Waals surface area contributed by atoms with Crippen molar-refractivity contribution >= 4 is 35.8 Å². The lowest BCUT2D eigenvalue weighted by Crippen LogP contribution is -2.73. The van der Waals surface area contributed by atoms with Gasteiger partial charge in [0.05, 0.1) is 13.2 Å². The second-order valence-corrected chi connectivity index (χ2v) is 7.50. The molecule has 1 heterocycles. The van der Waals surface area contributed by atoms with E-state index in [1.165, 1.54) is 0 Å².